The molecule has 0 radical (unpaired) electrons. The molecule has 1 aliphatic rings. The van der Waals surface area contributed by atoms with E-state index >= 15 is 0 Å². The van der Waals surface area contributed by atoms with Crippen molar-refractivity contribution in [3.05, 3.63) is 33.8 Å². The normalized spacial score (nSPS) is 18.8. The predicted molar refractivity (Wildman–Crippen MR) is 97.6 cm³/mol. The molecule has 2 amide bonds. The first kappa shape index (κ1) is 20.0. The van der Waals surface area contributed by atoms with Gasteiger partial charge in [0.25, 0.3) is 0 Å². The fourth-order valence-electron chi connectivity index (χ4n) is 2.67. The molecular weight excluding hydrogens is 387 g/mol. The molecule has 0 aliphatic carbocycles. The maximum Gasteiger partial charge on any atom is 0.239 e. The third-order valence-electron chi connectivity index (χ3n) is 4.01. The average Bonchev–Trinajstić information content (AvgIpc) is 2.87. The van der Waals surface area contributed by atoms with Crippen LogP contribution in [0.2, 0.25) is 10.0 Å². The van der Waals surface area contributed by atoms with Crippen LogP contribution in [0.15, 0.2) is 18.2 Å². The van der Waals surface area contributed by atoms with E-state index in [1.807, 2.05) is 0 Å². The second-order valence-electron chi connectivity index (χ2n) is 6.00. The SMILES string of the molecule is CCN(CC(=O)N[C@H]1CCS(=O)(=O)C1)C(=O)Cc1ccc(Cl)c(Cl)c1. The second kappa shape index (κ2) is 8.38. The van der Waals surface area contributed by atoms with Crippen molar-refractivity contribution in [1.82, 2.24) is 10.2 Å². The Labute approximate surface area is 157 Å². The quantitative estimate of drug-likeness (QED) is 0.778. The molecule has 1 heterocycles. The third kappa shape index (κ3) is 5.87. The summed E-state index contributed by atoms with van der Waals surface area (Å²) in [5.41, 5.74) is 0.708. The van der Waals surface area contributed by atoms with E-state index in [0.29, 0.717) is 28.6 Å². The molecule has 1 aliphatic heterocycles. The number of nitrogens with zero attached hydrogens (tertiary/aromatic N) is 1. The van der Waals surface area contributed by atoms with Crippen LogP contribution in [0, 0.1) is 0 Å². The van der Waals surface area contributed by atoms with Gasteiger partial charge in [0.15, 0.2) is 9.84 Å². The molecule has 1 fully saturated rings. The van der Waals surface area contributed by atoms with E-state index in [1.165, 1.54) is 4.90 Å². The van der Waals surface area contributed by atoms with Crippen molar-refractivity contribution in [3.8, 4) is 0 Å². The van der Waals surface area contributed by atoms with Crippen LogP contribution in [0.3, 0.4) is 0 Å². The summed E-state index contributed by atoms with van der Waals surface area (Å²) in [6.45, 7) is 2.05. The molecule has 0 aromatic heterocycles. The number of likely N-dealkylation sites (N-methyl/N-ethyl adjacent to an activating group) is 1. The number of rotatable bonds is 6. The molecule has 0 unspecified atom stereocenters. The molecule has 1 aromatic carbocycles. The van der Waals surface area contributed by atoms with Crippen LogP contribution >= 0.6 is 23.2 Å². The van der Waals surface area contributed by atoms with Crippen LogP contribution in [-0.2, 0) is 25.8 Å². The largest absolute Gasteiger partial charge is 0.351 e. The topological polar surface area (TPSA) is 83.6 Å². The van der Waals surface area contributed by atoms with Crippen LogP contribution in [0.5, 0.6) is 0 Å². The highest BCUT2D eigenvalue weighted by Gasteiger charge is 2.29. The van der Waals surface area contributed by atoms with Gasteiger partial charge < -0.3 is 10.2 Å². The van der Waals surface area contributed by atoms with Gasteiger partial charge in [-0.2, -0.15) is 0 Å². The first-order valence-electron chi connectivity index (χ1n) is 7.91. The Morgan fingerprint density at radius 2 is 2.00 bits per heavy atom. The standard InChI is InChI=1S/C16H20Cl2N2O4S/c1-2-20(9-15(21)19-12-5-6-25(23,24)10-12)16(22)8-11-3-4-13(17)14(18)7-11/h3-4,7,12H,2,5-6,8-10H2,1H3,(H,19,21)/t12-/m0/s1. The van der Waals surface area contributed by atoms with Crippen LogP contribution in [-0.4, -0.2) is 55.8 Å². The van der Waals surface area contributed by atoms with E-state index in [-0.39, 0.29) is 42.3 Å². The lowest BCUT2D eigenvalue weighted by atomic mass is 10.1. The van der Waals surface area contributed by atoms with E-state index in [2.05, 4.69) is 5.32 Å². The van der Waals surface area contributed by atoms with Gasteiger partial charge in [0, 0.05) is 12.6 Å². The zero-order valence-electron chi connectivity index (χ0n) is 13.8. The number of amides is 2. The van der Waals surface area contributed by atoms with Gasteiger partial charge in [-0.15, -0.1) is 0 Å². The minimum Gasteiger partial charge on any atom is -0.351 e. The van der Waals surface area contributed by atoms with Gasteiger partial charge in [-0.3, -0.25) is 9.59 Å². The Balaban J connectivity index is 1.90. The van der Waals surface area contributed by atoms with Gasteiger partial charge in [0.1, 0.15) is 0 Å². The van der Waals surface area contributed by atoms with Gasteiger partial charge in [-0.25, -0.2) is 8.42 Å². The number of nitrogens with one attached hydrogen (secondary N) is 1. The Bertz CT molecular complexity index is 767. The van der Waals surface area contributed by atoms with Crippen molar-refractivity contribution < 1.29 is 18.0 Å². The van der Waals surface area contributed by atoms with Crippen molar-refractivity contribution in [2.75, 3.05) is 24.6 Å². The van der Waals surface area contributed by atoms with Gasteiger partial charge in [-0.1, -0.05) is 29.3 Å². The first-order chi connectivity index (χ1) is 11.7. The van der Waals surface area contributed by atoms with Gasteiger partial charge in [0.05, 0.1) is 34.5 Å². The van der Waals surface area contributed by atoms with Crippen LogP contribution in [0.25, 0.3) is 0 Å². The van der Waals surface area contributed by atoms with Crippen LogP contribution in [0.1, 0.15) is 18.9 Å². The van der Waals surface area contributed by atoms with E-state index in [9.17, 15) is 18.0 Å². The summed E-state index contributed by atoms with van der Waals surface area (Å²) in [6, 6.07) is 4.58. The highest BCUT2D eigenvalue weighted by molar-refractivity contribution is 7.91. The number of carbonyl (C=O) groups is 2. The number of sulfone groups is 1. The maximum atomic E-state index is 12.4. The van der Waals surface area contributed by atoms with Crippen molar-refractivity contribution in [2.24, 2.45) is 0 Å². The average molecular weight is 407 g/mol. The van der Waals surface area contributed by atoms with Gasteiger partial charge in [-0.05, 0) is 31.0 Å². The maximum absolute atomic E-state index is 12.4. The Morgan fingerprint density at radius 3 is 2.56 bits per heavy atom. The molecule has 0 saturated carbocycles. The number of carbonyl (C=O) groups excluding carboxylic acids is 2. The van der Waals surface area contributed by atoms with Crippen molar-refractivity contribution >= 4 is 44.9 Å². The second-order valence-corrected chi connectivity index (χ2v) is 9.04. The molecule has 1 N–H and O–H groups in total. The molecule has 1 saturated heterocycles. The summed E-state index contributed by atoms with van der Waals surface area (Å²) in [4.78, 5) is 25.9. The lowest BCUT2D eigenvalue weighted by molar-refractivity contribution is -0.135. The van der Waals surface area contributed by atoms with E-state index in [0.717, 1.165) is 0 Å². The lowest BCUT2D eigenvalue weighted by Gasteiger charge is -2.21. The molecule has 6 nitrogen and oxygen atoms in total. The summed E-state index contributed by atoms with van der Waals surface area (Å²) >= 11 is 11.8. The molecule has 9 heteroatoms. The number of halogens is 2. The minimum atomic E-state index is -3.06. The highest BCUT2D eigenvalue weighted by atomic mass is 35.5. The molecule has 0 bridgehead atoms. The summed E-state index contributed by atoms with van der Waals surface area (Å²) < 4.78 is 22.9. The van der Waals surface area contributed by atoms with Crippen LogP contribution < -0.4 is 5.32 Å². The third-order valence-corrected chi connectivity index (χ3v) is 6.51. The summed E-state index contributed by atoms with van der Waals surface area (Å²) in [5.74, 6) is -0.519. The van der Waals surface area contributed by atoms with E-state index in [4.69, 9.17) is 23.2 Å². The highest BCUT2D eigenvalue weighted by Crippen LogP contribution is 2.23. The zero-order chi connectivity index (χ0) is 18.6. The number of hydrogen-bond acceptors (Lipinski definition) is 4. The van der Waals surface area contributed by atoms with E-state index in [1.54, 1.807) is 25.1 Å². The summed E-state index contributed by atoms with van der Waals surface area (Å²) in [7, 11) is -3.06. The fraction of sp³-hybridized carbons (Fsp3) is 0.500. The molecule has 1 aromatic rings. The summed E-state index contributed by atoms with van der Waals surface area (Å²) in [6.07, 6.45) is 0.521. The van der Waals surface area contributed by atoms with Crippen LogP contribution in [0.4, 0.5) is 0 Å². The Hall–Kier alpha value is -1.31. The minimum absolute atomic E-state index is 0.0396. The van der Waals surface area contributed by atoms with E-state index < -0.39 is 9.84 Å². The van der Waals surface area contributed by atoms with Crippen molar-refractivity contribution in [3.63, 3.8) is 0 Å². The first-order valence-corrected chi connectivity index (χ1v) is 10.5. The molecule has 138 valence electrons. The fourth-order valence-corrected chi connectivity index (χ4v) is 4.66. The predicted octanol–water partition coefficient (Wildman–Crippen LogP) is 1.69. The molecule has 25 heavy (non-hydrogen) atoms. The molecular formula is C16H20Cl2N2O4S. The Kier molecular flexibility index (Phi) is 6.71. The number of benzene rings is 1. The van der Waals surface area contributed by atoms with Crippen molar-refractivity contribution in [2.45, 2.75) is 25.8 Å². The Morgan fingerprint density at radius 1 is 1.28 bits per heavy atom. The number of hydrogen-bond donors (Lipinski definition) is 1. The molecule has 0 spiro atoms. The smallest absolute Gasteiger partial charge is 0.239 e. The molecule has 1 atom stereocenters. The monoisotopic (exact) mass is 406 g/mol. The van der Waals surface area contributed by atoms with Gasteiger partial charge in [0.2, 0.25) is 11.8 Å². The lowest BCUT2D eigenvalue weighted by Crippen LogP contribution is -2.45. The van der Waals surface area contributed by atoms with Gasteiger partial charge >= 0.3 is 0 Å². The zero-order valence-corrected chi connectivity index (χ0v) is 16.1. The molecule has 2 rings (SSSR count). The summed E-state index contributed by atoms with van der Waals surface area (Å²) in [5, 5.41) is 3.47. The van der Waals surface area contributed by atoms with Crippen molar-refractivity contribution in [1.29, 1.82) is 0 Å².